The average molecular weight is 431 g/mol. The highest BCUT2D eigenvalue weighted by atomic mass is 16.2. The van der Waals surface area contributed by atoms with Crippen molar-refractivity contribution in [1.29, 1.82) is 0 Å². The van der Waals surface area contributed by atoms with Gasteiger partial charge in [-0.05, 0) is 48.9 Å². The second kappa shape index (κ2) is 8.74. The molecule has 1 aliphatic rings. The fraction of sp³-hybridized carbons (Fsp3) is 0.292. The van der Waals surface area contributed by atoms with Crippen molar-refractivity contribution in [1.82, 2.24) is 14.9 Å². The maximum Gasteiger partial charge on any atom is 0.313 e. The quantitative estimate of drug-likeness (QED) is 0.618. The number of aryl methyl sites for hydroxylation is 1. The number of hydrogen-bond donors (Lipinski definition) is 2. The van der Waals surface area contributed by atoms with Crippen molar-refractivity contribution in [3.8, 4) is 0 Å². The number of pyridine rings is 2. The number of benzene rings is 1. The molecule has 1 fully saturated rings. The van der Waals surface area contributed by atoms with Crippen molar-refractivity contribution in [3.05, 3.63) is 65.6 Å². The maximum absolute atomic E-state index is 13.1. The van der Waals surface area contributed by atoms with Gasteiger partial charge in [0.05, 0.1) is 29.0 Å². The minimum atomic E-state index is -0.780. The molecule has 0 unspecified atom stereocenters. The van der Waals surface area contributed by atoms with Crippen LogP contribution in [0.3, 0.4) is 0 Å². The number of aromatic nitrogens is 2. The molecule has 0 spiro atoms. The first-order valence-electron chi connectivity index (χ1n) is 10.6. The van der Waals surface area contributed by atoms with Crippen LogP contribution in [-0.4, -0.2) is 39.1 Å². The van der Waals surface area contributed by atoms with E-state index in [1.54, 1.807) is 11.1 Å². The van der Waals surface area contributed by atoms with E-state index in [9.17, 15) is 14.4 Å². The molecule has 0 aliphatic carbocycles. The average Bonchev–Trinajstić information content (AvgIpc) is 2.78. The Morgan fingerprint density at radius 3 is 2.72 bits per heavy atom. The molecule has 1 saturated heterocycles. The molecular formula is C24H25N5O3. The Labute approximate surface area is 185 Å². The van der Waals surface area contributed by atoms with Crippen LogP contribution in [0.4, 0.5) is 5.69 Å². The fourth-order valence-electron chi connectivity index (χ4n) is 4.19. The number of hydrogen-bond acceptors (Lipinski definition) is 5. The summed E-state index contributed by atoms with van der Waals surface area (Å²) in [5, 5.41) is 3.55. The van der Waals surface area contributed by atoms with Crippen molar-refractivity contribution in [2.75, 3.05) is 11.9 Å². The van der Waals surface area contributed by atoms with E-state index in [1.165, 1.54) is 18.5 Å². The Kier molecular flexibility index (Phi) is 5.85. The van der Waals surface area contributed by atoms with Gasteiger partial charge in [0.15, 0.2) is 0 Å². The Morgan fingerprint density at radius 1 is 1.12 bits per heavy atom. The van der Waals surface area contributed by atoms with Gasteiger partial charge in [-0.1, -0.05) is 25.1 Å². The predicted octanol–water partition coefficient (Wildman–Crippen LogP) is 2.98. The Hall–Kier alpha value is -3.81. The van der Waals surface area contributed by atoms with E-state index in [2.05, 4.69) is 28.3 Å². The summed E-state index contributed by atoms with van der Waals surface area (Å²) in [6.07, 6.45) is 6.17. The molecule has 8 heteroatoms. The number of nitrogens with one attached hydrogen (secondary N) is 1. The minimum Gasteiger partial charge on any atom is -0.366 e. The summed E-state index contributed by atoms with van der Waals surface area (Å²) in [7, 11) is 0. The van der Waals surface area contributed by atoms with Gasteiger partial charge in [0.2, 0.25) is 5.91 Å². The third-order valence-electron chi connectivity index (χ3n) is 5.87. The molecule has 164 valence electrons. The van der Waals surface area contributed by atoms with E-state index in [1.807, 2.05) is 25.1 Å². The highest BCUT2D eigenvalue weighted by Crippen LogP contribution is 2.34. The number of piperidine rings is 1. The third kappa shape index (κ3) is 4.30. The molecule has 1 aromatic carbocycles. The van der Waals surface area contributed by atoms with Crippen LogP contribution in [0.2, 0.25) is 0 Å². The van der Waals surface area contributed by atoms with Crippen LogP contribution in [0, 0.1) is 12.8 Å². The predicted molar refractivity (Wildman–Crippen MR) is 121 cm³/mol. The lowest BCUT2D eigenvalue weighted by molar-refractivity contribution is -0.146. The maximum atomic E-state index is 13.1. The van der Waals surface area contributed by atoms with E-state index in [0.717, 1.165) is 34.9 Å². The summed E-state index contributed by atoms with van der Waals surface area (Å²) in [5.74, 6) is -1.80. The highest BCUT2D eigenvalue weighted by Gasteiger charge is 2.34. The van der Waals surface area contributed by atoms with Crippen molar-refractivity contribution in [3.63, 3.8) is 0 Å². The second-order valence-electron chi connectivity index (χ2n) is 8.35. The fourth-order valence-corrected chi connectivity index (χ4v) is 4.19. The molecule has 4 rings (SSSR count). The standard InChI is InChI=1S/C24H25N5O3/c1-14-6-7-20(17-8-16-5-3-4-15(2)21(16)27-11-17)29(13-14)24(32)23(31)28-19-9-18(22(25)30)10-26-12-19/h3-5,8-12,14,20H,6-7,13H2,1-2H3,(H2,25,30)(H,28,31)/t14-,20+/m1/s1. The summed E-state index contributed by atoms with van der Waals surface area (Å²) in [6.45, 7) is 4.55. The smallest absolute Gasteiger partial charge is 0.313 e. The van der Waals surface area contributed by atoms with Gasteiger partial charge in [0.1, 0.15) is 0 Å². The van der Waals surface area contributed by atoms with Crippen molar-refractivity contribution in [2.45, 2.75) is 32.7 Å². The van der Waals surface area contributed by atoms with Gasteiger partial charge >= 0.3 is 11.8 Å². The zero-order valence-electron chi connectivity index (χ0n) is 18.0. The first-order valence-corrected chi connectivity index (χ1v) is 10.6. The molecule has 0 saturated carbocycles. The van der Waals surface area contributed by atoms with Crippen molar-refractivity contribution < 1.29 is 14.4 Å². The zero-order chi connectivity index (χ0) is 22.8. The number of nitrogens with two attached hydrogens (primary N) is 1. The van der Waals surface area contributed by atoms with E-state index in [-0.39, 0.29) is 23.2 Å². The molecule has 3 amide bonds. The van der Waals surface area contributed by atoms with Crippen LogP contribution in [-0.2, 0) is 9.59 Å². The third-order valence-corrected chi connectivity index (χ3v) is 5.87. The van der Waals surface area contributed by atoms with Gasteiger partial charge < -0.3 is 16.0 Å². The molecule has 0 bridgehead atoms. The zero-order valence-corrected chi connectivity index (χ0v) is 18.0. The summed E-state index contributed by atoms with van der Waals surface area (Å²) in [6, 6.07) is 9.20. The van der Waals surface area contributed by atoms with E-state index >= 15 is 0 Å². The SMILES string of the molecule is Cc1cccc2cc([C@@H]3CC[C@@H](C)CN3C(=O)C(=O)Nc3cncc(C(N)=O)c3)cnc12. The summed E-state index contributed by atoms with van der Waals surface area (Å²) >= 11 is 0. The Morgan fingerprint density at radius 2 is 1.94 bits per heavy atom. The van der Waals surface area contributed by atoms with Crippen molar-refractivity contribution in [2.24, 2.45) is 11.7 Å². The van der Waals surface area contributed by atoms with E-state index < -0.39 is 17.7 Å². The number of fused-ring (bicyclic) bond motifs is 1. The number of amides is 3. The molecule has 32 heavy (non-hydrogen) atoms. The summed E-state index contributed by atoms with van der Waals surface area (Å²) < 4.78 is 0. The van der Waals surface area contributed by atoms with Gasteiger partial charge in [0.25, 0.3) is 0 Å². The largest absolute Gasteiger partial charge is 0.366 e. The van der Waals surface area contributed by atoms with Crippen LogP contribution in [0.15, 0.2) is 48.9 Å². The normalized spacial score (nSPS) is 18.4. The van der Waals surface area contributed by atoms with Crippen molar-refractivity contribution >= 4 is 34.3 Å². The first kappa shape index (κ1) is 21.4. The number of likely N-dealkylation sites (tertiary alicyclic amines) is 1. The molecule has 8 nitrogen and oxygen atoms in total. The monoisotopic (exact) mass is 431 g/mol. The van der Waals surface area contributed by atoms with Gasteiger partial charge in [-0.3, -0.25) is 24.4 Å². The first-order chi connectivity index (χ1) is 15.3. The van der Waals surface area contributed by atoms with Crippen LogP contribution in [0.5, 0.6) is 0 Å². The second-order valence-corrected chi connectivity index (χ2v) is 8.35. The number of rotatable bonds is 3. The number of carbonyl (C=O) groups is 3. The molecule has 0 radical (unpaired) electrons. The molecule has 2 atom stereocenters. The number of anilines is 1. The van der Waals surface area contributed by atoms with Gasteiger partial charge in [-0.15, -0.1) is 0 Å². The van der Waals surface area contributed by atoms with E-state index in [0.29, 0.717) is 6.54 Å². The lowest BCUT2D eigenvalue weighted by Crippen LogP contribution is -2.46. The Bertz CT molecular complexity index is 1210. The molecule has 1 aliphatic heterocycles. The number of carbonyl (C=O) groups excluding carboxylic acids is 3. The molecule has 3 heterocycles. The lowest BCUT2D eigenvalue weighted by atomic mass is 9.90. The lowest BCUT2D eigenvalue weighted by Gasteiger charge is -2.38. The Balaban J connectivity index is 1.59. The number of primary amides is 1. The van der Waals surface area contributed by atoms with Gasteiger partial charge in [-0.25, -0.2) is 0 Å². The number of nitrogens with zero attached hydrogens (tertiary/aromatic N) is 3. The van der Waals surface area contributed by atoms with Crippen LogP contribution >= 0.6 is 0 Å². The van der Waals surface area contributed by atoms with Crippen LogP contribution < -0.4 is 11.1 Å². The van der Waals surface area contributed by atoms with Gasteiger partial charge in [0, 0.05) is 24.3 Å². The van der Waals surface area contributed by atoms with E-state index in [4.69, 9.17) is 5.73 Å². The van der Waals surface area contributed by atoms with Crippen LogP contribution in [0.1, 0.15) is 47.3 Å². The minimum absolute atomic E-state index is 0.150. The number of para-hydroxylation sites is 1. The highest BCUT2D eigenvalue weighted by molar-refractivity contribution is 6.39. The molecule has 3 N–H and O–H groups in total. The van der Waals surface area contributed by atoms with Gasteiger partial charge in [-0.2, -0.15) is 0 Å². The molecular weight excluding hydrogens is 406 g/mol. The summed E-state index contributed by atoms with van der Waals surface area (Å²) in [5.41, 5.74) is 8.58. The topological polar surface area (TPSA) is 118 Å². The molecule has 3 aromatic rings. The molecule has 2 aromatic heterocycles. The van der Waals surface area contributed by atoms with Crippen LogP contribution in [0.25, 0.3) is 10.9 Å². The summed E-state index contributed by atoms with van der Waals surface area (Å²) in [4.78, 5) is 47.4.